The maximum atomic E-state index is 10.0. The van der Waals surface area contributed by atoms with E-state index in [2.05, 4.69) is 9.69 Å². The second kappa shape index (κ2) is 13.8. The van der Waals surface area contributed by atoms with E-state index in [0.29, 0.717) is 5.56 Å². The maximum Gasteiger partial charge on any atom is 0.298 e. The van der Waals surface area contributed by atoms with Gasteiger partial charge in [-0.15, -0.1) is 0 Å². The standard InChI is InChI=1S/C10H6N2O.C7H6O2.C3H2N2/c1-12-9(7-11)6-8-2-4-10(13)5-3-8;8-5-6-1-3-7(9)4-2-6;1-5-3-2-4/h2-6,13H;1-5,9H;3H2/b9-6-;;. The van der Waals surface area contributed by atoms with Crippen molar-refractivity contribution in [2.45, 2.75) is 0 Å². The van der Waals surface area contributed by atoms with Crippen molar-refractivity contribution >= 4 is 12.4 Å². The van der Waals surface area contributed by atoms with Gasteiger partial charge in [0.25, 0.3) is 12.2 Å². The normalized spacial score (nSPS) is 8.67. The molecular formula is C20H14N4O3. The average molecular weight is 358 g/mol. The predicted molar refractivity (Wildman–Crippen MR) is 98.9 cm³/mol. The number of hydrogen-bond acceptors (Lipinski definition) is 5. The molecular weight excluding hydrogens is 344 g/mol. The van der Waals surface area contributed by atoms with E-state index in [0.717, 1.165) is 11.8 Å². The quantitative estimate of drug-likeness (QED) is 0.367. The second-order valence-electron chi connectivity index (χ2n) is 4.53. The van der Waals surface area contributed by atoms with Crippen LogP contribution < -0.4 is 0 Å². The number of carbonyl (C=O) groups excluding carboxylic acids is 1. The number of phenolic OH excluding ortho intramolecular Hbond substituents is 2. The number of aldehydes is 1. The van der Waals surface area contributed by atoms with E-state index >= 15 is 0 Å². The molecule has 27 heavy (non-hydrogen) atoms. The molecule has 0 saturated heterocycles. The fraction of sp³-hybridized carbons (Fsp3) is 0.0500. The van der Waals surface area contributed by atoms with Crippen molar-refractivity contribution in [3.05, 3.63) is 88.2 Å². The highest BCUT2D eigenvalue weighted by atomic mass is 16.3. The Balaban J connectivity index is 0.000000419. The van der Waals surface area contributed by atoms with Crippen LogP contribution in [0.5, 0.6) is 11.5 Å². The third kappa shape index (κ3) is 10.7. The Morgan fingerprint density at radius 1 is 0.963 bits per heavy atom. The Morgan fingerprint density at radius 2 is 1.44 bits per heavy atom. The van der Waals surface area contributed by atoms with E-state index in [9.17, 15) is 4.79 Å². The van der Waals surface area contributed by atoms with Crippen LogP contribution in [-0.2, 0) is 0 Å². The molecule has 0 aromatic heterocycles. The zero-order valence-electron chi connectivity index (χ0n) is 14.1. The zero-order chi connectivity index (χ0) is 20.5. The highest BCUT2D eigenvalue weighted by molar-refractivity contribution is 5.74. The Kier molecular flexibility index (Phi) is 11.5. The molecule has 0 aliphatic carbocycles. The number of phenols is 2. The molecule has 0 aliphatic rings. The maximum absolute atomic E-state index is 10.0. The van der Waals surface area contributed by atoms with Gasteiger partial charge in [-0.1, -0.05) is 12.1 Å². The molecule has 0 aliphatic heterocycles. The molecule has 7 nitrogen and oxygen atoms in total. The van der Waals surface area contributed by atoms with E-state index < -0.39 is 0 Å². The topological polar surface area (TPSA) is 114 Å². The molecule has 0 amide bonds. The summed E-state index contributed by atoms with van der Waals surface area (Å²) in [6.45, 7) is 12.6. The number of rotatable bonds is 2. The van der Waals surface area contributed by atoms with Crippen LogP contribution in [0.3, 0.4) is 0 Å². The molecule has 0 saturated carbocycles. The van der Waals surface area contributed by atoms with Gasteiger partial charge < -0.3 is 15.1 Å². The van der Waals surface area contributed by atoms with Gasteiger partial charge in [0.05, 0.1) is 12.6 Å². The summed E-state index contributed by atoms with van der Waals surface area (Å²) >= 11 is 0. The van der Waals surface area contributed by atoms with Gasteiger partial charge in [-0.25, -0.2) is 16.7 Å². The van der Waals surface area contributed by atoms with Crippen molar-refractivity contribution in [3.63, 3.8) is 0 Å². The van der Waals surface area contributed by atoms with Crippen LogP contribution in [0.15, 0.2) is 54.2 Å². The van der Waals surface area contributed by atoms with Gasteiger partial charge in [-0.2, -0.15) is 5.26 Å². The van der Waals surface area contributed by atoms with E-state index in [1.807, 2.05) is 0 Å². The van der Waals surface area contributed by atoms with Gasteiger partial charge in [0.1, 0.15) is 23.9 Å². The molecule has 0 heterocycles. The fourth-order valence-electron chi connectivity index (χ4n) is 1.41. The SMILES string of the molecule is O=Cc1ccc(O)cc1.[C-]#[N+]/C(C#N)=C\c1ccc(O)cc1.[C-]#[N+]CC#N. The number of allylic oxidation sites excluding steroid dienone is 1. The first-order chi connectivity index (χ1) is 13.0. The van der Waals surface area contributed by atoms with E-state index in [-0.39, 0.29) is 23.7 Å². The summed E-state index contributed by atoms with van der Waals surface area (Å²) in [7, 11) is 0. The lowest BCUT2D eigenvalue weighted by Crippen LogP contribution is -1.74. The van der Waals surface area contributed by atoms with Gasteiger partial charge >= 0.3 is 0 Å². The van der Waals surface area contributed by atoms with Gasteiger partial charge in [-0.05, 0) is 48.0 Å². The lowest BCUT2D eigenvalue weighted by atomic mass is 10.2. The van der Waals surface area contributed by atoms with E-state index in [4.69, 9.17) is 33.9 Å². The summed E-state index contributed by atoms with van der Waals surface area (Å²) in [6.07, 6.45) is 2.20. The summed E-state index contributed by atoms with van der Waals surface area (Å²) < 4.78 is 0. The predicted octanol–water partition coefficient (Wildman–Crippen LogP) is 3.81. The van der Waals surface area contributed by atoms with Gasteiger partial charge in [0, 0.05) is 5.56 Å². The molecule has 0 atom stereocenters. The number of carbonyl (C=O) groups is 1. The monoisotopic (exact) mass is 358 g/mol. The van der Waals surface area contributed by atoms with Crippen LogP contribution in [0, 0.1) is 35.8 Å². The minimum Gasteiger partial charge on any atom is -0.508 e. The third-order valence-electron chi connectivity index (χ3n) is 2.61. The fourth-order valence-corrected chi connectivity index (χ4v) is 1.41. The number of nitrogens with zero attached hydrogens (tertiary/aromatic N) is 4. The van der Waals surface area contributed by atoms with Gasteiger partial charge in [-0.3, -0.25) is 4.79 Å². The van der Waals surface area contributed by atoms with Crippen LogP contribution >= 0.6 is 0 Å². The lowest BCUT2D eigenvalue weighted by Gasteiger charge is -1.93. The number of benzene rings is 2. The minimum absolute atomic E-state index is 0.0139. The van der Waals surface area contributed by atoms with Crippen molar-refractivity contribution in [2.75, 3.05) is 6.54 Å². The highest BCUT2D eigenvalue weighted by Crippen LogP contribution is 2.12. The van der Waals surface area contributed by atoms with Crippen molar-refractivity contribution in [1.82, 2.24) is 0 Å². The Hall–Kier alpha value is -4.59. The molecule has 0 spiro atoms. The van der Waals surface area contributed by atoms with Crippen molar-refractivity contribution < 1.29 is 15.0 Å². The van der Waals surface area contributed by atoms with Crippen molar-refractivity contribution in [2.24, 2.45) is 0 Å². The van der Waals surface area contributed by atoms with Crippen LogP contribution in [-0.4, -0.2) is 23.0 Å². The van der Waals surface area contributed by atoms with Crippen LogP contribution in [0.4, 0.5) is 0 Å². The molecule has 2 N–H and O–H groups in total. The average Bonchev–Trinajstić information content (AvgIpc) is 2.70. The summed E-state index contributed by atoms with van der Waals surface area (Å²) in [5, 5.41) is 33.8. The molecule has 0 unspecified atom stereocenters. The summed E-state index contributed by atoms with van der Waals surface area (Å²) in [5.74, 6) is 0.346. The zero-order valence-corrected chi connectivity index (χ0v) is 14.1. The Labute approximate surface area is 156 Å². The third-order valence-corrected chi connectivity index (χ3v) is 2.61. The number of aromatic hydroxyl groups is 2. The summed E-state index contributed by atoms with van der Waals surface area (Å²) in [6, 6.07) is 15.8. The molecule has 2 rings (SSSR count). The number of nitriles is 2. The van der Waals surface area contributed by atoms with Crippen LogP contribution in [0.25, 0.3) is 15.8 Å². The first-order valence-corrected chi connectivity index (χ1v) is 7.23. The largest absolute Gasteiger partial charge is 0.508 e. The molecule has 7 heteroatoms. The molecule has 0 fully saturated rings. The molecule has 2 aromatic rings. The second-order valence-corrected chi connectivity index (χ2v) is 4.53. The molecule has 2 aromatic carbocycles. The van der Waals surface area contributed by atoms with Gasteiger partial charge in [0.2, 0.25) is 0 Å². The molecule has 132 valence electrons. The first kappa shape index (κ1) is 22.4. The lowest BCUT2D eigenvalue weighted by molar-refractivity contribution is 0.112. The highest BCUT2D eigenvalue weighted by Gasteiger charge is 1.93. The number of hydrogen-bond donors (Lipinski definition) is 2. The van der Waals surface area contributed by atoms with Crippen LogP contribution in [0.1, 0.15) is 15.9 Å². The smallest absolute Gasteiger partial charge is 0.298 e. The molecule has 0 radical (unpaired) electrons. The summed E-state index contributed by atoms with van der Waals surface area (Å²) in [5.41, 5.74) is 1.34. The Bertz CT molecular complexity index is 892. The van der Waals surface area contributed by atoms with Crippen molar-refractivity contribution in [3.8, 4) is 23.6 Å². The van der Waals surface area contributed by atoms with Crippen LogP contribution in [0.2, 0.25) is 0 Å². The minimum atomic E-state index is -0.0139. The van der Waals surface area contributed by atoms with E-state index in [1.54, 1.807) is 36.4 Å². The first-order valence-electron chi connectivity index (χ1n) is 7.23. The molecule has 0 bridgehead atoms. The van der Waals surface area contributed by atoms with Crippen molar-refractivity contribution in [1.29, 1.82) is 10.5 Å². The summed E-state index contributed by atoms with van der Waals surface area (Å²) in [4.78, 5) is 15.8. The van der Waals surface area contributed by atoms with E-state index in [1.165, 1.54) is 30.3 Å². The Morgan fingerprint density at radius 3 is 1.74 bits per heavy atom. The van der Waals surface area contributed by atoms with Gasteiger partial charge in [0.15, 0.2) is 0 Å².